The smallest absolute Gasteiger partial charge is 0.373 e. The average Bonchev–Trinajstić information content (AvgIpc) is 2.01. The molecule has 4 nitrogen and oxygen atoms in total. The first-order chi connectivity index (χ1) is 6.27. The predicted molar refractivity (Wildman–Crippen MR) is 45.6 cm³/mol. The summed E-state index contributed by atoms with van der Waals surface area (Å²) in [6.07, 6.45) is 4.98. The molecule has 0 aromatic carbocycles. The van der Waals surface area contributed by atoms with Gasteiger partial charge in [-0.3, -0.25) is 0 Å². The van der Waals surface area contributed by atoms with E-state index in [0.29, 0.717) is 5.92 Å². The highest BCUT2D eigenvalue weighted by Crippen LogP contribution is 2.34. The van der Waals surface area contributed by atoms with Crippen LogP contribution in [0.2, 0.25) is 0 Å². The minimum absolute atomic E-state index is 0.0931. The Bertz CT molecular complexity index is 334. The number of carboxylic acids is 1. The number of rotatable bonds is 2. The van der Waals surface area contributed by atoms with Gasteiger partial charge in [-0.15, -0.1) is 0 Å². The van der Waals surface area contributed by atoms with Crippen molar-refractivity contribution in [2.75, 3.05) is 0 Å². The van der Waals surface area contributed by atoms with Crippen molar-refractivity contribution in [2.45, 2.75) is 25.2 Å². The summed E-state index contributed by atoms with van der Waals surface area (Å²) in [5, 5.41) is 8.66. The van der Waals surface area contributed by atoms with Crippen LogP contribution in [0, 0.1) is 0 Å². The molecule has 1 aliphatic rings. The molecule has 1 saturated carbocycles. The lowest BCUT2D eigenvalue weighted by Gasteiger charge is -2.24. The van der Waals surface area contributed by atoms with E-state index in [9.17, 15) is 4.79 Å². The van der Waals surface area contributed by atoms with Crippen molar-refractivity contribution < 1.29 is 9.90 Å². The molecular formula is C9H10N2O2. The molecule has 0 amide bonds. The molecule has 13 heavy (non-hydrogen) atoms. The van der Waals surface area contributed by atoms with Gasteiger partial charge in [-0.25, -0.2) is 14.8 Å². The molecule has 0 radical (unpaired) electrons. The zero-order valence-corrected chi connectivity index (χ0v) is 7.10. The predicted octanol–water partition coefficient (Wildman–Crippen LogP) is 1.44. The molecule has 0 saturated heterocycles. The molecule has 68 valence electrons. The van der Waals surface area contributed by atoms with Crippen molar-refractivity contribution in [1.82, 2.24) is 9.97 Å². The third-order valence-corrected chi connectivity index (χ3v) is 2.39. The zero-order chi connectivity index (χ0) is 9.26. The van der Waals surface area contributed by atoms with Gasteiger partial charge in [-0.05, 0) is 18.9 Å². The lowest BCUT2D eigenvalue weighted by molar-refractivity contribution is 0.0683. The van der Waals surface area contributed by atoms with Crippen molar-refractivity contribution in [3.8, 4) is 0 Å². The number of carboxylic acid groups (broad SMARTS) is 1. The molecule has 1 aromatic rings. The first-order valence-electron chi connectivity index (χ1n) is 4.33. The molecule has 1 aliphatic carbocycles. The van der Waals surface area contributed by atoms with Gasteiger partial charge in [0.1, 0.15) is 0 Å². The van der Waals surface area contributed by atoms with Gasteiger partial charge in [0, 0.05) is 17.8 Å². The van der Waals surface area contributed by atoms with Crippen molar-refractivity contribution in [1.29, 1.82) is 0 Å². The minimum Gasteiger partial charge on any atom is -0.475 e. The maximum absolute atomic E-state index is 10.6. The van der Waals surface area contributed by atoms with E-state index in [1.807, 2.05) is 0 Å². The van der Waals surface area contributed by atoms with E-state index in [2.05, 4.69) is 9.97 Å². The zero-order valence-electron chi connectivity index (χ0n) is 7.10. The number of hydrogen-bond acceptors (Lipinski definition) is 3. The van der Waals surface area contributed by atoms with Crippen molar-refractivity contribution in [3.05, 3.63) is 23.8 Å². The van der Waals surface area contributed by atoms with E-state index in [1.165, 1.54) is 12.6 Å². The summed E-state index contributed by atoms with van der Waals surface area (Å²) in [5.74, 6) is -0.688. The van der Waals surface area contributed by atoms with Crippen LogP contribution >= 0.6 is 0 Å². The Hall–Kier alpha value is -1.45. The SMILES string of the molecule is O=C(O)c1nccc(C2CCC2)n1. The summed E-state index contributed by atoms with van der Waals surface area (Å²) in [6, 6.07) is 1.80. The van der Waals surface area contributed by atoms with Gasteiger partial charge in [0.05, 0.1) is 0 Å². The lowest BCUT2D eigenvalue weighted by atomic mass is 9.83. The summed E-state index contributed by atoms with van der Waals surface area (Å²) in [5.41, 5.74) is 0.874. The van der Waals surface area contributed by atoms with Crippen LogP contribution in [-0.4, -0.2) is 21.0 Å². The van der Waals surface area contributed by atoms with Gasteiger partial charge in [0.25, 0.3) is 0 Å². The van der Waals surface area contributed by atoms with Crippen molar-refractivity contribution in [2.24, 2.45) is 0 Å². The highest BCUT2D eigenvalue weighted by Gasteiger charge is 2.21. The van der Waals surface area contributed by atoms with Gasteiger partial charge in [0.2, 0.25) is 5.82 Å². The molecule has 1 heterocycles. The molecule has 0 atom stereocenters. The summed E-state index contributed by atoms with van der Waals surface area (Å²) < 4.78 is 0. The standard InChI is InChI=1S/C9H10N2O2/c12-9(13)8-10-5-4-7(11-8)6-2-1-3-6/h4-6H,1-3H2,(H,12,13). The van der Waals surface area contributed by atoms with Crippen molar-refractivity contribution in [3.63, 3.8) is 0 Å². The second-order valence-electron chi connectivity index (χ2n) is 3.24. The fourth-order valence-corrected chi connectivity index (χ4v) is 1.41. The normalized spacial score (nSPS) is 16.6. The summed E-state index contributed by atoms with van der Waals surface area (Å²) in [7, 11) is 0. The molecule has 0 aliphatic heterocycles. The maximum atomic E-state index is 10.6. The molecule has 1 fully saturated rings. The average molecular weight is 178 g/mol. The Labute approximate surface area is 75.6 Å². The quantitative estimate of drug-likeness (QED) is 0.744. The number of carbonyl (C=O) groups is 1. The molecular weight excluding hydrogens is 168 g/mol. The van der Waals surface area contributed by atoms with Gasteiger partial charge < -0.3 is 5.11 Å². The number of hydrogen-bond donors (Lipinski definition) is 1. The monoisotopic (exact) mass is 178 g/mol. The van der Waals surface area contributed by atoms with E-state index in [4.69, 9.17) is 5.11 Å². The Morgan fingerprint density at radius 3 is 2.85 bits per heavy atom. The summed E-state index contributed by atoms with van der Waals surface area (Å²) in [4.78, 5) is 18.2. The van der Waals surface area contributed by atoms with Crippen LogP contribution in [0.3, 0.4) is 0 Å². The van der Waals surface area contributed by atoms with Crippen molar-refractivity contribution >= 4 is 5.97 Å². The van der Waals surface area contributed by atoms with Gasteiger partial charge in [-0.1, -0.05) is 6.42 Å². The summed E-state index contributed by atoms with van der Waals surface area (Å²) in [6.45, 7) is 0. The van der Waals surface area contributed by atoms with Crippen LogP contribution in [-0.2, 0) is 0 Å². The third-order valence-electron chi connectivity index (χ3n) is 2.39. The second-order valence-corrected chi connectivity index (χ2v) is 3.24. The van der Waals surface area contributed by atoms with Gasteiger partial charge >= 0.3 is 5.97 Å². The largest absolute Gasteiger partial charge is 0.475 e. The number of aromatic nitrogens is 2. The molecule has 0 unspecified atom stereocenters. The molecule has 4 heteroatoms. The highest BCUT2D eigenvalue weighted by molar-refractivity contribution is 5.82. The number of aromatic carboxylic acids is 1. The third kappa shape index (κ3) is 1.52. The van der Waals surface area contributed by atoms with E-state index < -0.39 is 5.97 Å². The topological polar surface area (TPSA) is 63.1 Å². The fourth-order valence-electron chi connectivity index (χ4n) is 1.41. The van der Waals surface area contributed by atoms with Crippen LogP contribution in [0.15, 0.2) is 12.3 Å². The Morgan fingerprint density at radius 1 is 1.54 bits per heavy atom. The second kappa shape index (κ2) is 3.12. The molecule has 2 rings (SSSR count). The first-order valence-corrected chi connectivity index (χ1v) is 4.33. The van der Waals surface area contributed by atoms with Crippen LogP contribution < -0.4 is 0 Å². The highest BCUT2D eigenvalue weighted by atomic mass is 16.4. The fraction of sp³-hybridized carbons (Fsp3) is 0.444. The van der Waals surface area contributed by atoms with E-state index >= 15 is 0 Å². The Morgan fingerprint density at radius 2 is 2.31 bits per heavy atom. The molecule has 1 aromatic heterocycles. The van der Waals surface area contributed by atoms with Gasteiger partial charge in [-0.2, -0.15) is 0 Å². The lowest BCUT2D eigenvalue weighted by Crippen LogP contribution is -2.13. The van der Waals surface area contributed by atoms with E-state index in [-0.39, 0.29) is 5.82 Å². The van der Waals surface area contributed by atoms with E-state index in [0.717, 1.165) is 18.5 Å². The van der Waals surface area contributed by atoms with Crippen LogP contribution in [0.5, 0.6) is 0 Å². The Balaban J connectivity index is 2.26. The van der Waals surface area contributed by atoms with E-state index in [1.54, 1.807) is 6.07 Å². The Kier molecular flexibility index (Phi) is 1.96. The van der Waals surface area contributed by atoms with Crippen LogP contribution in [0.4, 0.5) is 0 Å². The van der Waals surface area contributed by atoms with Crippen LogP contribution in [0.1, 0.15) is 41.5 Å². The van der Waals surface area contributed by atoms with Gasteiger partial charge in [0.15, 0.2) is 0 Å². The molecule has 0 spiro atoms. The maximum Gasteiger partial charge on any atom is 0.373 e. The molecule has 0 bridgehead atoms. The summed E-state index contributed by atoms with van der Waals surface area (Å²) >= 11 is 0. The first kappa shape index (κ1) is 8.16. The number of nitrogens with zero attached hydrogens (tertiary/aromatic N) is 2. The minimum atomic E-state index is -1.05. The molecule has 1 N–H and O–H groups in total. The van der Waals surface area contributed by atoms with Crippen LogP contribution in [0.25, 0.3) is 0 Å².